The molecule has 5 heteroatoms. The zero-order valence-electron chi connectivity index (χ0n) is 9.87. The summed E-state index contributed by atoms with van der Waals surface area (Å²) in [6.07, 6.45) is 2.44. The highest BCUT2D eigenvalue weighted by Gasteiger charge is 2.26. The van der Waals surface area contributed by atoms with E-state index in [9.17, 15) is 4.79 Å². The fraction of sp³-hybridized carbons (Fsp3) is 0.909. The summed E-state index contributed by atoms with van der Waals surface area (Å²) in [7, 11) is 1.86. The molecule has 16 heavy (non-hydrogen) atoms. The van der Waals surface area contributed by atoms with E-state index in [4.69, 9.17) is 4.74 Å². The van der Waals surface area contributed by atoms with Crippen LogP contribution in [0.1, 0.15) is 12.8 Å². The zero-order valence-corrected chi connectivity index (χ0v) is 9.87. The summed E-state index contributed by atoms with van der Waals surface area (Å²) in [5.41, 5.74) is 0. The third-order valence-corrected chi connectivity index (χ3v) is 3.22. The molecule has 2 fully saturated rings. The first-order valence-corrected chi connectivity index (χ1v) is 6.08. The van der Waals surface area contributed by atoms with Gasteiger partial charge >= 0.3 is 0 Å². The molecule has 5 nitrogen and oxygen atoms in total. The van der Waals surface area contributed by atoms with Gasteiger partial charge < -0.3 is 20.3 Å². The summed E-state index contributed by atoms with van der Waals surface area (Å²) in [4.78, 5) is 13.8. The van der Waals surface area contributed by atoms with Gasteiger partial charge in [-0.15, -0.1) is 0 Å². The van der Waals surface area contributed by atoms with Crippen molar-refractivity contribution in [3.8, 4) is 0 Å². The van der Waals surface area contributed by atoms with Crippen LogP contribution >= 0.6 is 0 Å². The van der Waals surface area contributed by atoms with Gasteiger partial charge in [0.15, 0.2) is 0 Å². The van der Waals surface area contributed by atoms with Crippen molar-refractivity contribution < 1.29 is 9.53 Å². The monoisotopic (exact) mass is 227 g/mol. The van der Waals surface area contributed by atoms with E-state index in [1.807, 2.05) is 7.05 Å². The Kier molecular flexibility index (Phi) is 4.15. The number of carbonyl (C=O) groups excluding carboxylic acids is 1. The Morgan fingerprint density at radius 1 is 1.50 bits per heavy atom. The van der Waals surface area contributed by atoms with Crippen molar-refractivity contribution in [1.82, 2.24) is 15.5 Å². The predicted molar refractivity (Wildman–Crippen MR) is 61.3 cm³/mol. The first kappa shape index (κ1) is 11.8. The van der Waals surface area contributed by atoms with Gasteiger partial charge in [-0.3, -0.25) is 4.79 Å². The highest BCUT2D eigenvalue weighted by atomic mass is 16.5. The van der Waals surface area contributed by atoms with Crippen molar-refractivity contribution in [1.29, 1.82) is 0 Å². The Hall–Kier alpha value is -0.650. The Bertz CT molecular complexity index is 235. The van der Waals surface area contributed by atoms with Gasteiger partial charge in [0.25, 0.3) is 0 Å². The molecule has 2 N–H and O–H groups in total. The molecule has 0 radical (unpaired) electrons. The lowest BCUT2D eigenvalue weighted by Crippen LogP contribution is -2.56. The van der Waals surface area contributed by atoms with Crippen LogP contribution in [0, 0.1) is 0 Å². The summed E-state index contributed by atoms with van der Waals surface area (Å²) in [5.74, 6) is 0.169. The number of nitrogens with zero attached hydrogens (tertiary/aromatic N) is 1. The molecule has 0 aliphatic carbocycles. The van der Waals surface area contributed by atoms with Gasteiger partial charge in [0.05, 0.1) is 12.1 Å². The van der Waals surface area contributed by atoms with E-state index >= 15 is 0 Å². The number of hydrogen-bond donors (Lipinski definition) is 2. The Morgan fingerprint density at radius 2 is 2.38 bits per heavy atom. The largest absolute Gasteiger partial charge is 0.376 e. The summed E-state index contributed by atoms with van der Waals surface area (Å²) in [6.45, 7) is 4.10. The van der Waals surface area contributed by atoms with E-state index in [0.717, 1.165) is 45.6 Å². The molecule has 2 rings (SSSR count). The number of rotatable bonds is 3. The molecule has 0 aromatic heterocycles. The normalized spacial score (nSPS) is 30.3. The molecule has 2 saturated heterocycles. The van der Waals surface area contributed by atoms with Crippen LogP contribution in [-0.2, 0) is 9.53 Å². The molecule has 0 saturated carbocycles. The minimum atomic E-state index is -0.0693. The summed E-state index contributed by atoms with van der Waals surface area (Å²) in [5, 5.41) is 6.45. The second-order valence-corrected chi connectivity index (χ2v) is 4.56. The van der Waals surface area contributed by atoms with Crippen LogP contribution in [0.25, 0.3) is 0 Å². The summed E-state index contributed by atoms with van der Waals surface area (Å²) < 4.78 is 5.53. The van der Waals surface area contributed by atoms with Gasteiger partial charge in [-0.05, 0) is 12.8 Å². The fourth-order valence-electron chi connectivity index (χ4n) is 2.28. The molecule has 2 unspecified atom stereocenters. The van der Waals surface area contributed by atoms with E-state index in [2.05, 4.69) is 10.6 Å². The van der Waals surface area contributed by atoms with Crippen LogP contribution in [0.15, 0.2) is 0 Å². The third-order valence-electron chi connectivity index (χ3n) is 3.22. The number of piperazine rings is 1. The molecule has 2 aliphatic rings. The smallest absolute Gasteiger partial charge is 0.240 e. The van der Waals surface area contributed by atoms with E-state index in [1.165, 1.54) is 0 Å². The lowest BCUT2D eigenvalue weighted by Gasteiger charge is -2.29. The maximum absolute atomic E-state index is 12.1. The Labute approximate surface area is 96.5 Å². The van der Waals surface area contributed by atoms with Crippen molar-refractivity contribution >= 4 is 5.91 Å². The quantitative estimate of drug-likeness (QED) is 0.662. The van der Waals surface area contributed by atoms with Gasteiger partial charge in [-0.2, -0.15) is 0 Å². The van der Waals surface area contributed by atoms with Gasteiger partial charge in [0, 0.05) is 39.8 Å². The van der Waals surface area contributed by atoms with E-state index < -0.39 is 0 Å². The first-order valence-electron chi connectivity index (χ1n) is 6.08. The maximum Gasteiger partial charge on any atom is 0.240 e. The van der Waals surface area contributed by atoms with Gasteiger partial charge in [-0.1, -0.05) is 0 Å². The fourth-order valence-corrected chi connectivity index (χ4v) is 2.28. The molecule has 0 aromatic carbocycles. The van der Waals surface area contributed by atoms with E-state index in [1.54, 1.807) is 4.90 Å². The molecule has 2 atom stereocenters. The SMILES string of the molecule is CN(CC1CCCO1)C(=O)C1CNCCN1. The highest BCUT2D eigenvalue weighted by molar-refractivity contribution is 5.82. The molecule has 92 valence electrons. The van der Waals surface area contributed by atoms with Crippen LogP contribution < -0.4 is 10.6 Å². The average molecular weight is 227 g/mol. The predicted octanol–water partition coefficient (Wildman–Crippen LogP) is -0.815. The lowest BCUT2D eigenvalue weighted by molar-refractivity contribution is -0.133. The highest BCUT2D eigenvalue weighted by Crippen LogP contribution is 2.13. The Balaban J connectivity index is 1.78. The number of amides is 1. The Morgan fingerprint density at radius 3 is 3.00 bits per heavy atom. The number of nitrogens with one attached hydrogen (secondary N) is 2. The molecular weight excluding hydrogens is 206 g/mol. The maximum atomic E-state index is 12.1. The second kappa shape index (κ2) is 5.61. The van der Waals surface area contributed by atoms with Crippen LogP contribution in [0.3, 0.4) is 0 Å². The van der Waals surface area contributed by atoms with Crippen LogP contribution in [0.5, 0.6) is 0 Å². The molecule has 1 amide bonds. The lowest BCUT2D eigenvalue weighted by atomic mass is 10.2. The first-order chi connectivity index (χ1) is 7.77. The standard InChI is InChI=1S/C11H21N3O2/c1-14(8-9-3-2-6-16-9)11(15)10-7-12-4-5-13-10/h9-10,12-13H,2-8H2,1H3. The molecule has 2 heterocycles. The van der Waals surface area contributed by atoms with Gasteiger partial charge in [0.2, 0.25) is 5.91 Å². The molecule has 2 aliphatic heterocycles. The second-order valence-electron chi connectivity index (χ2n) is 4.56. The molecule has 0 bridgehead atoms. The van der Waals surface area contributed by atoms with E-state index in [-0.39, 0.29) is 18.1 Å². The molecule has 0 aromatic rings. The van der Waals surface area contributed by atoms with Gasteiger partial charge in [0.1, 0.15) is 0 Å². The van der Waals surface area contributed by atoms with Crippen LogP contribution in [0.4, 0.5) is 0 Å². The van der Waals surface area contributed by atoms with Crippen molar-refractivity contribution in [2.24, 2.45) is 0 Å². The molecular formula is C11H21N3O2. The number of carbonyl (C=O) groups is 1. The van der Waals surface area contributed by atoms with Crippen molar-refractivity contribution in [3.63, 3.8) is 0 Å². The number of ether oxygens (including phenoxy) is 1. The van der Waals surface area contributed by atoms with Crippen LogP contribution in [-0.4, -0.2) is 62.8 Å². The minimum Gasteiger partial charge on any atom is -0.376 e. The van der Waals surface area contributed by atoms with E-state index in [0.29, 0.717) is 0 Å². The number of likely N-dealkylation sites (N-methyl/N-ethyl adjacent to an activating group) is 1. The number of hydrogen-bond acceptors (Lipinski definition) is 4. The van der Waals surface area contributed by atoms with Crippen LogP contribution in [0.2, 0.25) is 0 Å². The zero-order chi connectivity index (χ0) is 11.4. The van der Waals surface area contributed by atoms with Crippen molar-refractivity contribution in [2.75, 3.05) is 39.8 Å². The average Bonchev–Trinajstić information content (AvgIpc) is 2.82. The topological polar surface area (TPSA) is 53.6 Å². The van der Waals surface area contributed by atoms with Crippen molar-refractivity contribution in [3.05, 3.63) is 0 Å². The minimum absolute atomic E-state index is 0.0693. The molecule has 0 spiro atoms. The third kappa shape index (κ3) is 2.93. The summed E-state index contributed by atoms with van der Waals surface area (Å²) >= 11 is 0. The van der Waals surface area contributed by atoms with Gasteiger partial charge in [-0.25, -0.2) is 0 Å². The summed E-state index contributed by atoms with van der Waals surface area (Å²) in [6, 6.07) is -0.0693. The van der Waals surface area contributed by atoms with Crippen molar-refractivity contribution in [2.45, 2.75) is 25.0 Å².